The van der Waals surface area contributed by atoms with Crippen molar-refractivity contribution in [3.63, 3.8) is 0 Å². The third kappa shape index (κ3) is 4.05. The molecule has 32 heavy (non-hydrogen) atoms. The molecule has 1 aromatic heterocycles. The summed E-state index contributed by atoms with van der Waals surface area (Å²) in [4.78, 5) is 16.1. The van der Waals surface area contributed by atoms with Crippen molar-refractivity contribution >= 4 is 22.9 Å². The van der Waals surface area contributed by atoms with Crippen molar-refractivity contribution in [2.24, 2.45) is 5.92 Å². The number of hydrogen-bond acceptors (Lipinski definition) is 2. The van der Waals surface area contributed by atoms with E-state index < -0.39 is 23.6 Å². The summed E-state index contributed by atoms with van der Waals surface area (Å²) in [5, 5.41) is 9.53. The van der Waals surface area contributed by atoms with Crippen molar-refractivity contribution in [1.29, 1.82) is 0 Å². The van der Waals surface area contributed by atoms with E-state index in [0.29, 0.717) is 18.7 Å². The van der Waals surface area contributed by atoms with Gasteiger partial charge in [-0.1, -0.05) is 13.8 Å². The Balaban J connectivity index is 1.92. The van der Waals surface area contributed by atoms with Crippen molar-refractivity contribution in [2.45, 2.75) is 39.3 Å². The van der Waals surface area contributed by atoms with Crippen LogP contribution in [0.25, 0.3) is 17.0 Å². The van der Waals surface area contributed by atoms with Gasteiger partial charge in [0.25, 0.3) is 0 Å². The molecule has 0 bridgehead atoms. The largest absolute Gasteiger partial charge is 0.478 e. The molecule has 2 heterocycles. The maximum atomic E-state index is 15.3. The maximum Gasteiger partial charge on any atom is 0.328 e. The Labute approximate surface area is 184 Å². The zero-order valence-electron chi connectivity index (χ0n) is 18.1. The fourth-order valence-electron chi connectivity index (χ4n) is 4.67. The Morgan fingerprint density at radius 2 is 1.91 bits per heavy atom. The second-order valence-corrected chi connectivity index (χ2v) is 8.82. The standard InChI is InChI=1S/C25H25F3N2O2/c1-13(2)12-30-14(3)8-18-17-11-16(26)5-6-21(17)29-24(18)25(30)23-19(27)9-15(10-20(23)28)4-7-22(31)32/h4-7,9-11,13-14,25,29H,8,12H2,1-3H3,(H,31,32)/b7-4+. The number of aromatic nitrogens is 1. The van der Waals surface area contributed by atoms with Gasteiger partial charge in [-0.2, -0.15) is 0 Å². The average Bonchev–Trinajstić information content (AvgIpc) is 3.05. The van der Waals surface area contributed by atoms with Crippen LogP contribution in [0.1, 0.15) is 49.2 Å². The number of aliphatic carboxylic acids is 1. The second-order valence-electron chi connectivity index (χ2n) is 8.82. The number of aromatic amines is 1. The molecule has 0 saturated carbocycles. The summed E-state index contributed by atoms with van der Waals surface area (Å²) in [6.45, 7) is 6.73. The minimum Gasteiger partial charge on any atom is -0.478 e. The molecule has 0 fully saturated rings. The van der Waals surface area contributed by atoms with Gasteiger partial charge in [0.15, 0.2) is 0 Å². The Morgan fingerprint density at radius 1 is 1.22 bits per heavy atom. The zero-order valence-corrected chi connectivity index (χ0v) is 18.1. The van der Waals surface area contributed by atoms with Crippen LogP contribution >= 0.6 is 0 Å². The number of fused-ring (bicyclic) bond motifs is 3. The van der Waals surface area contributed by atoms with Crippen LogP contribution in [-0.2, 0) is 11.2 Å². The second kappa shape index (κ2) is 8.47. The van der Waals surface area contributed by atoms with Crippen LogP contribution in [0.3, 0.4) is 0 Å². The monoisotopic (exact) mass is 442 g/mol. The molecule has 0 saturated heterocycles. The molecule has 7 heteroatoms. The van der Waals surface area contributed by atoms with Crippen LogP contribution in [0.2, 0.25) is 0 Å². The van der Waals surface area contributed by atoms with Gasteiger partial charge in [-0.05, 0) is 66.8 Å². The summed E-state index contributed by atoms with van der Waals surface area (Å²) >= 11 is 0. The Bertz CT molecular complexity index is 1190. The maximum absolute atomic E-state index is 15.3. The van der Waals surface area contributed by atoms with Gasteiger partial charge in [-0.15, -0.1) is 0 Å². The SMILES string of the molecule is CC(C)CN1C(C)Cc2c([nH]c3ccc(F)cc23)C1c1c(F)cc(/C=C/C(=O)O)cc1F. The number of hydrogen-bond donors (Lipinski definition) is 2. The summed E-state index contributed by atoms with van der Waals surface area (Å²) in [7, 11) is 0. The molecular formula is C25H25F3N2O2. The average molecular weight is 442 g/mol. The first-order valence-corrected chi connectivity index (χ1v) is 10.6. The predicted octanol–water partition coefficient (Wildman–Crippen LogP) is 5.68. The van der Waals surface area contributed by atoms with Gasteiger partial charge in [0, 0.05) is 40.8 Å². The highest BCUT2D eigenvalue weighted by Crippen LogP contribution is 2.43. The highest BCUT2D eigenvalue weighted by Gasteiger charge is 2.38. The van der Waals surface area contributed by atoms with Crippen LogP contribution in [0.4, 0.5) is 13.2 Å². The van der Waals surface area contributed by atoms with E-state index in [4.69, 9.17) is 5.11 Å². The van der Waals surface area contributed by atoms with Gasteiger partial charge in [-0.3, -0.25) is 4.90 Å². The van der Waals surface area contributed by atoms with Crippen LogP contribution in [0, 0.1) is 23.4 Å². The van der Waals surface area contributed by atoms with E-state index in [1.165, 1.54) is 12.1 Å². The molecule has 2 aromatic carbocycles. The van der Waals surface area contributed by atoms with Crippen LogP contribution < -0.4 is 0 Å². The molecule has 3 aromatic rings. The molecule has 1 aliphatic heterocycles. The molecule has 0 aliphatic carbocycles. The van der Waals surface area contributed by atoms with E-state index in [2.05, 4.69) is 9.88 Å². The molecule has 2 unspecified atom stereocenters. The van der Waals surface area contributed by atoms with Crippen molar-refractivity contribution in [2.75, 3.05) is 6.54 Å². The van der Waals surface area contributed by atoms with Gasteiger partial charge in [0.2, 0.25) is 0 Å². The lowest BCUT2D eigenvalue weighted by Crippen LogP contribution is -2.45. The van der Waals surface area contributed by atoms with Crippen molar-refractivity contribution in [3.05, 3.63) is 76.2 Å². The van der Waals surface area contributed by atoms with Gasteiger partial charge >= 0.3 is 5.97 Å². The van der Waals surface area contributed by atoms with Crippen molar-refractivity contribution < 1.29 is 23.1 Å². The van der Waals surface area contributed by atoms with Gasteiger partial charge < -0.3 is 10.1 Å². The van der Waals surface area contributed by atoms with E-state index in [9.17, 15) is 9.18 Å². The molecule has 168 valence electrons. The van der Waals surface area contributed by atoms with Crippen molar-refractivity contribution in [1.82, 2.24) is 9.88 Å². The normalized spacial score (nSPS) is 19.2. The predicted molar refractivity (Wildman–Crippen MR) is 118 cm³/mol. The van der Waals surface area contributed by atoms with E-state index in [-0.39, 0.29) is 28.9 Å². The first kappa shape index (κ1) is 22.1. The molecule has 0 spiro atoms. The first-order chi connectivity index (χ1) is 15.2. The molecule has 0 amide bonds. The molecule has 2 N–H and O–H groups in total. The van der Waals surface area contributed by atoms with Crippen molar-refractivity contribution in [3.8, 4) is 0 Å². The Kier molecular flexibility index (Phi) is 5.86. The minimum absolute atomic E-state index is 0.0254. The summed E-state index contributed by atoms with van der Waals surface area (Å²) in [5.41, 5.74) is 2.28. The van der Waals surface area contributed by atoms with Gasteiger partial charge in [-0.25, -0.2) is 18.0 Å². The fraction of sp³-hybridized carbons (Fsp3) is 0.320. The minimum atomic E-state index is -1.20. The highest BCUT2D eigenvalue weighted by atomic mass is 19.1. The molecule has 4 nitrogen and oxygen atoms in total. The number of carbonyl (C=O) groups is 1. The van der Waals surface area contributed by atoms with Crippen LogP contribution in [0.15, 0.2) is 36.4 Å². The van der Waals surface area contributed by atoms with Crippen LogP contribution in [0.5, 0.6) is 0 Å². The Morgan fingerprint density at radius 3 is 2.53 bits per heavy atom. The summed E-state index contributed by atoms with van der Waals surface area (Å²) in [6, 6.07) is 6.01. The topological polar surface area (TPSA) is 56.3 Å². The van der Waals surface area contributed by atoms with Crippen LogP contribution in [-0.4, -0.2) is 33.5 Å². The smallest absolute Gasteiger partial charge is 0.328 e. The number of carboxylic acids is 1. The van der Waals surface area contributed by atoms with E-state index in [0.717, 1.165) is 40.8 Å². The van der Waals surface area contributed by atoms with Gasteiger partial charge in [0.05, 0.1) is 6.04 Å². The quantitative estimate of drug-likeness (QED) is 0.500. The number of H-pyrrole nitrogens is 1. The fourth-order valence-corrected chi connectivity index (χ4v) is 4.67. The Hall–Kier alpha value is -3.06. The van der Waals surface area contributed by atoms with Gasteiger partial charge in [0.1, 0.15) is 17.5 Å². The molecule has 0 radical (unpaired) electrons. The molecule has 1 aliphatic rings. The number of nitrogens with one attached hydrogen (secondary N) is 1. The molecular weight excluding hydrogens is 417 g/mol. The van der Waals surface area contributed by atoms with E-state index in [1.54, 1.807) is 6.07 Å². The lowest BCUT2D eigenvalue weighted by molar-refractivity contribution is -0.131. The lowest BCUT2D eigenvalue weighted by atomic mass is 9.87. The zero-order chi connectivity index (χ0) is 23.2. The third-order valence-corrected chi connectivity index (χ3v) is 5.94. The number of rotatable bonds is 5. The molecule has 2 atom stereocenters. The highest BCUT2D eigenvalue weighted by molar-refractivity contribution is 5.86. The number of benzene rings is 2. The number of halogens is 3. The number of nitrogens with zero attached hydrogens (tertiary/aromatic N) is 1. The lowest BCUT2D eigenvalue weighted by Gasteiger charge is -2.42. The summed E-state index contributed by atoms with van der Waals surface area (Å²) < 4.78 is 44.7. The summed E-state index contributed by atoms with van der Waals surface area (Å²) in [5.74, 6) is -2.81. The third-order valence-electron chi connectivity index (χ3n) is 5.94. The van der Waals surface area contributed by atoms with E-state index in [1.807, 2.05) is 20.8 Å². The first-order valence-electron chi connectivity index (χ1n) is 10.6. The van der Waals surface area contributed by atoms with E-state index >= 15 is 8.78 Å². The molecule has 4 rings (SSSR count). The summed E-state index contributed by atoms with van der Waals surface area (Å²) in [6.07, 6.45) is 2.63. The number of carboxylic acid groups (broad SMARTS) is 1.